The monoisotopic (exact) mass is 410 g/mol. The lowest BCUT2D eigenvalue weighted by molar-refractivity contribution is -0.131. The van der Waals surface area contributed by atoms with Gasteiger partial charge in [-0.15, -0.1) is 0 Å². The lowest BCUT2D eigenvalue weighted by atomic mass is 10.2. The normalized spacial score (nSPS) is 12.9. The molecule has 1 aliphatic heterocycles. The maximum atomic E-state index is 12.3. The van der Waals surface area contributed by atoms with Crippen molar-refractivity contribution in [1.29, 1.82) is 0 Å². The Morgan fingerprint density at radius 1 is 0.900 bits per heavy atom. The van der Waals surface area contributed by atoms with Crippen LogP contribution in [0.15, 0.2) is 48.5 Å². The first-order chi connectivity index (χ1) is 14.5. The molecule has 158 valence electrons. The summed E-state index contributed by atoms with van der Waals surface area (Å²) in [5.74, 6) is 0.176. The molecule has 3 rings (SSSR count). The molecule has 0 aliphatic carbocycles. The van der Waals surface area contributed by atoms with E-state index in [0.29, 0.717) is 22.7 Å². The fourth-order valence-electron chi connectivity index (χ4n) is 3.11. The number of benzene rings is 2. The van der Waals surface area contributed by atoms with Crippen LogP contribution in [0.2, 0.25) is 0 Å². The van der Waals surface area contributed by atoms with Gasteiger partial charge in [0.1, 0.15) is 5.75 Å². The first-order valence-electron chi connectivity index (χ1n) is 9.89. The molecule has 0 bridgehead atoms. The molecule has 2 aromatic rings. The van der Waals surface area contributed by atoms with Crippen LogP contribution < -0.4 is 20.7 Å². The van der Waals surface area contributed by atoms with E-state index in [9.17, 15) is 14.4 Å². The number of likely N-dealkylation sites (tertiary alicyclic amines) is 1. The Kier molecular flexibility index (Phi) is 7.26. The van der Waals surface area contributed by atoms with Crippen LogP contribution in [-0.2, 0) is 9.59 Å². The summed E-state index contributed by atoms with van der Waals surface area (Å²) in [6.45, 7) is 1.60. The smallest absolute Gasteiger partial charge is 0.255 e. The van der Waals surface area contributed by atoms with E-state index in [0.717, 1.165) is 25.9 Å². The van der Waals surface area contributed by atoms with E-state index in [1.165, 1.54) is 0 Å². The van der Waals surface area contributed by atoms with Crippen molar-refractivity contribution in [3.8, 4) is 5.75 Å². The average molecular weight is 410 g/mol. The molecular formula is C22H26N4O4. The van der Waals surface area contributed by atoms with Crippen LogP contribution in [0.4, 0.5) is 11.4 Å². The highest BCUT2D eigenvalue weighted by Crippen LogP contribution is 2.16. The van der Waals surface area contributed by atoms with Gasteiger partial charge in [-0.2, -0.15) is 0 Å². The van der Waals surface area contributed by atoms with Gasteiger partial charge < -0.3 is 25.6 Å². The molecule has 1 aliphatic rings. The number of hydrogen-bond acceptors (Lipinski definition) is 5. The van der Waals surface area contributed by atoms with Gasteiger partial charge in [0.05, 0.1) is 20.2 Å². The predicted molar refractivity (Wildman–Crippen MR) is 115 cm³/mol. The van der Waals surface area contributed by atoms with Crippen LogP contribution in [0.25, 0.3) is 0 Å². The topological polar surface area (TPSA) is 99.8 Å². The van der Waals surface area contributed by atoms with Crippen LogP contribution in [0.1, 0.15) is 23.2 Å². The first-order valence-corrected chi connectivity index (χ1v) is 9.89. The largest absolute Gasteiger partial charge is 0.497 e. The predicted octanol–water partition coefficient (Wildman–Crippen LogP) is 2.10. The second-order valence-electron chi connectivity index (χ2n) is 6.98. The highest BCUT2D eigenvalue weighted by molar-refractivity contribution is 6.04. The fraction of sp³-hybridized carbons (Fsp3) is 0.318. The molecule has 0 saturated carbocycles. The minimum absolute atomic E-state index is 0.0188. The van der Waals surface area contributed by atoms with Crippen molar-refractivity contribution >= 4 is 29.1 Å². The number of ether oxygens (including phenoxy) is 1. The lowest BCUT2D eigenvalue weighted by Crippen LogP contribution is -2.40. The lowest BCUT2D eigenvalue weighted by Gasteiger charge is -2.15. The molecule has 30 heavy (non-hydrogen) atoms. The average Bonchev–Trinajstić information content (AvgIpc) is 3.32. The molecule has 8 nitrogen and oxygen atoms in total. The summed E-state index contributed by atoms with van der Waals surface area (Å²) in [4.78, 5) is 38.0. The van der Waals surface area contributed by atoms with Crippen molar-refractivity contribution in [3.63, 3.8) is 0 Å². The SMILES string of the molecule is COc1ccc(NC(=O)c2ccc(NCC(=O)NCC(=O)N3CCCC3)cc2)cc1. The van der Waals surface area contributed by atoms with Crippen molar-refractivity contribution in [2.75, 3.05) is 43.9 Å². The highest BCUT2D eigenvalue weighted by atomic mass is 16.5. The zero-order chi connectivity index (χ0) is 21.3. The van der Waals surface area contributed by atoms with E-state index in [1.807, 2.05) is 0 Å². The van der Waals surface area contributed by atoms with Gasteiger partial charge in [-0.3, -0.25) is 14.4 Å². The van der Waals surface area contributed by atoms with E-state index in [1.54, 1.807) is 60.5 Å². The quantitative estimate of drug-likeness (QED) is 0.619. The minimum Gasteiger partial charge on any atom is -0.497 e. The number of rotatable bonds is 8. The summed E-state index contributed by atoms with van der Waals surface area (Å²) in [5.41, 5.74) is 1.87. The highest BCUT2D eigenvalue weighted by Gasteiger charge is 2.18. The van der Waals surface area contributed by atoms with E-state index >= 15 is 0 Å². The Labute approximate surface area is 175 Å². The molecule has 1 heterocycles. The van der Waals surface area contributed by atoms with E-state index in [-0.39, 0.29) is 30.8 Å². The summed E-state index contributed by atoms with van der Waals surface area (Å²) in [6, 6.07) is 13.9. The number of hydrogen-bond donors (Lipinski definition) is 3. The van der Waals surface area contributed by atoms with Gasteiger partial charge in [0, 0.05) is 30.0 Å². The number of nitrogens with zero attached hydrogens (tertiary/aromatic N) is 1. The van der Waals surface area contributed by atoms with Gasteiger partial charge in [-0.1, -0.05) is 0 Å². The maximum Gasteiger partial charge on any atom is 0.255 e. The Morgan fingerprint density at radius 2 is 1.53 bits per heavy atom. The second-order valence-corrected chi connectivity index (χ2v) is 6.98. The summed E-state index contributed by atoms with van der Waals surface area (Å²) in [7, 11) is 1.58. The third kappa shape index (κ3) is 5.97. The van der Waals surface area contributed by atoms with Crippen LogP contribution in [-0.4, -0.2) is 55.9 Å². The Hall–Kier alpha value is -3.55. The van der Waals surface area contributed by atoms with Crippen molar-refractivity contribution in [2.24, 2.45) is 0 Å². The fourth-order valence-corrected chi connectivity index (χ4v) is 3.11. The molecule has 0 radical (unpaired) electrons. The Balaban J connectivity index is 1.42. The molecule has 3 N–H and O–H groups in total. The van der Waals surface area contributed by atoms with Gasteiger partial charge in [0.2, 0.25) is 11.8 Å². The number of amides is 3. The van der Waals surface area contributed by atoms with Crippen molar-refractivity contribution < 1.29 is 19.1 Å². The van der Waals surface area contributed by atoms with Crippen LogP contribution in [0.5, 0.6) is 5.75 Å². The molecule has 0 spiro atoms. The number of nitrogens with one attached hydrogen (secondary N) is 3. The van der Waals surface area contributed by atoms with E-state index in [4.69, 9.17) is 4.74 Å². The van der Waals surface area contributed by atoms with Crippen molar-refractivity contribution in [3.05, 3.63) is 54.1 Å². The third-order valence-electron chi connectivity index (χ3n) is 4.84. The molecule has 2 aromatic carbocycles. The first kappa shape index (κ1) is 21.2. The Morgan fingerprint density at radius 3 is 2.17 bits per heavy atom. The second kappa shape index (κ2) is 10.3. The van der Waals surface area contributed by atoms with Gasteiger partial charge in [0.15, 0.2) is 0 Å². The molecule has 0 atom stereocenters. The molecule has 1 saturated heterocycles. The number of carbonyl (C=O) groups is 3. The molecule has 8 heteroatoms. The van der Waals surface area contributed by atoms with Gasteiger partial charge in [-0.05, 0) is 61.4 Å². The van der Waals surface area contributed by atoms with Gasteiger partial charge >= 0.3 is 0 Å². The zero-order valence-electron chi connectivity index (χ0n) is 16.9. The third-order valence-corrected chi connectivity index (χ3v) is 4.84. The minimum atomic E-state index is -0.260. The zero-order valence-corrected chi connectivity index (χ0v) is 16.9. The van der Waals surface area contributed by atoms with Crippen LogP contribution >= 0.6 is 0 Å². The molecule has 0 aromatic heterocycles. The summed E-state index contributed by atoms with van der Waals surface area (Å²) in [6.07, 6.45) is 2.05. The van der Waals surface area contributed by atoms with Gasteiger partial charge in [0.25, 0.3) is 5.91 Å². The summed E-state index contributed by atoms with van der Waals surface area (Å²) >= 11 is 0. The van der Waals surface area contributed by atoms with Gasteiger partial charge in [-0.25, -0.2) is 0 Å². The standard InChI is InChI=1S/C22H26N4O4/c1-30-19-10-8-18(9-11-19)25-22(29)16-4-6-17(7-5-16)23-14-20(27)24-15-21(28)26-12-2-3-13-26/h4-11,23H,2-3,12-15H2,1H3,(H,24,27)(H,25,29). The van der Waals surface area contributed by atoms with Crippen molar-refractivity contribution in [2.45, 2.75) is 12.8 Å². The molecule has 0 unspecified atom stereocenters. The van der Waals surface area contributed by atoms with Crippen LogP contribution in [0.3, 0.4) is 0 Å². The summed E-state index contributed by atoms with van der Waals surface area (Å²) in [5, 5.41) is 8.43. The number of methoxy groups -OCH3 is 1. The maximum absolute atomic E-state index is 12.3. The molecular weight excluding hydrogens is 384 g/mol. The van der Waals surface area contributed by atoms with Crippen LogP contribution in [0, 0.1) is 0 Å². The number of anilines is 2. The molecule has 3 amide bonds. The Bertz CT molecular complexity index is 875. The van der Waals surface area contributed by atoms with Crippen molar-refractivity contribution in [1.82, 2.24) is 10.2 Å². The number of carbonyl (C=O) groups excluding carboxylic acids is 3. The summed E-state index contributed by atoms with van der Waals surface area (Å²) < 4.78 is 5.09. The van der Waals surface area contributed by atoms with E-state index < -0.39 is 0 Å². The van der Waals surface area contributed by atoms with E-state index in [2.05, 4.69) is 16.0 Å². The molecule has 1 fully saturated rings.